The lowest BCUT2D eigenvalue weighted by Gasteiger charge is -2.60. The summed E-state index contributed by atoms with van der Waals surface area (Å²) in [7, 11) is 0. The Kier molecular flexibility index (Phi) is 7.09. The third-order valence-corrected chi connectivity index (χ3v) is 12.2. The fourth-order valence-electron chi connectivity index (χ4n) is 9.38. The standard InChI is InChI=1S/C32H52O6/c1-17(2)16-37-31(8,28-27(38-28)19(5)18(3)4)26-10-12-32(36)21-13-23(33)22-14-24(34)25(35)15-29(22,6)20(21)9-11-30(26,32)7/h13,17-20,22,24-28,34-36H,9-12,14-16H2,1-8H3. The van der Waals surface area contributed by atoms with Crippen molar-refractivity contribution in [3.8, 4) is 0 Å². The quantitative estimate of drug-likeness (QED) is 0.412. The van der Waals surface area contributed by atoms with E-state index in [9.17, 15) is 20.1 Å². The second-order valence-corrected chi connectivity index (χ2v) is 15.1. The van der Waals surface area contributed by atoms with Gasteiger partial charge in [0.2, 0.25) is 0 Å². The average molecular weight is 533 g/mol. The molecule has 1 heterocycles. The summed E-state index contributed by atoms with van der Waals surface area (Å²) in [5, 5.41) is 33.6. The van der Waals surface area contributed by atoms with Crippen LogP contribution in [0.5, 0.6) is 0 Å². The molecule has 38 heavy (non-hydrogen) atoms. The monoisotopic (exact) mass is 532 g/mol. The summed E-state index contributed by atoms with van der Waals surface area (Å²) >= 11 is 0. The molecule has 0 radical (unpaired) electrons. The first-order valence-electron chi connectivity index (χ1n) is 15.2. The van der Waals surface area contributed by atoms with Gasteiger partial charge < -0.3 is 24.8 Å². The summed E-state index contributed by atoms with van der Waals surface area (Å²) < 4.78 is 13.2. The molecule has 6 nitrogen and oxygen atoms in total. The van der Waals surface area contributed by atoms with Crippen molar-refractivity contribution in [2.45, 2.75) is 130 Å². The molecule has 4 aliphatic carbocycles. The Morgan fingerprint density at radius 1 is 1.08 bits per heavy atom. The summed E-state index contributed by atoms with van der Waals surface area (Å²) in [6, 6.07) is 0. The van der Waals surface area contributed by atoms with E-state index in [1.54, 1.807) is 6.08 Å². The Labute approximate surface area is 229 Å². The Hall–Kier alpha value is -0.790. The van der Waals surface area contributed by atoms with Crippen LogP contribution in [-0.4, -0.2) is 63.3 Å². The number of ether oxygens (including phenoxy) is 2. The molecule has 6 heteroatoms. The minimum atomic E-state index is -1.10. The van der Waals surface area contributed by atoms with Gasteiger partial charge in [0.25, 0.3) is 0 Å². The SMILES string of the molecule is CC(C)COC(C)(C1OC1C(C)C(C)C)C1CCC2(O)C3=CC(=O)C4CC(O)C(O)CC4(C)C3CCC12C. The zero-order valence-electron chi connectivity index (χ0n) is 24.9. The minimum absolute atomic E-state index is 0.000562. The summed E-state index contributed by atoms with van der Waals surface area (Å²) in [5.74, 6) is 1.14. The number of hydrogen-bond donors (Lipinski definition) is 3. The molecular formula is C32H52O6. The van der Waals surface area contributed by atoms with Crippen LogP contribution in [0.15, 0.2) is 11.6 Å². The van der Waals surface area contributed by atoms with Crippen molar-refractivity contribution < 1.29 is 29.6 Å². The molecule has 0 amide bonds. The van der Waals surface area contributed by atoms with Crippen molar-refractivity contribution in [2.24, 2.45) is 46.3 Å². The predicted octanol–water partition coefficient (Wildman–Crippen LogP) is 4.68. The number of carbonyl (C=O) groups is 1. The second-order valence-electron chi connectivity index (χ2n) is 15.1. The number of carbonyl (C=O) groups excluding carboxylic acids is 1. The van der Waals surface area contributed by atoms with Gasteiger partial charge in [0.05, 0.1) is 29.5 Å². The van der Waals surface area contributed by atoms with Crippen LogP contribution in [0.25, 0.3) is 0 Å². The van der Waals surface area contributed by atoms with Gasteiger partial charge >= 0.3 is 0 Å². The zero-order valence-corrected chi connectivity index (χ0v) is 24.9. The highest BCUT2D eigenvalue weighted by atomic mass is 16.6. The molecule has 0 bridgehead atoms. The van der Waals surface area contributed by atoms with E-state index in [2.05, 4.69) is 55.4 Å². The van der Waals surface area contributed by atoms with Gasteiger partial charge in [-0.25, -0.2) is 0 Å². The van der Waals surface area contributed by atoms with Crippen LogP contribution in [0.1, 0.15) is 93.9 Å². The molecule has 12 atom stereocenters. The maximum atomic E-state index is 13.5. The van der Waals surface area contributed by atoms with Crippen molar-refractivity contribution in [3.05, 3.63) is 11.6 Å². The fourth-order valence-corrected chi connectivity index (χ4v) is 9.38. The first kappa shape index (κ1) is 28.7. The molecule has 3 N–H and O–H groups in total. The minimum Gasteiger partial charge on any atom is -0.390 e. The second kappa shape index (κ2) is 9.37. The van der Waals surface area contributed by atoms with Crippen molar-refractivity contribution in [1.29, 1.82) is 0 Å². The Balaban J connectivity index is 1.50. The number of ketones is 1. The lowest BCUT2D eigenvalue weighted by molar-refractivity contribution is -0.174. The Bertz CT molecular complexity index is 975. The third kappa shape index (κ3) is 4.02. The van der Waals surface area contributed by atoms with Crippen LogP contribution in [0, 0.1) is 46.3 Å². The maximum absolute atomic E-state index is 13.5. The molecule has 3 saturated carbocycles. The van der Waals surface area contributed by atoms with Crippen molar-refractivity contribution in [1.82, 2.24) is 0 Å². The number of aliphatic hydroxyl groups excluding tert-OH is 2. The summed E-state index contributed by atoms with van der Waals surface area (Å²) in [6.07, 6.45) is 4.02. The summed E-state index contributed by atoms with van der Waals surface area (Å²) in [4.78, 5) is 13.5. The van der Waals surface area contributed by atoms with E-state index >= 15 is 0 Å². The van der Waals surface area contributed by atoms with Gasteiger partial charge in [0.1, 0.15) is 6.10 Å². The first-order chi connectivity index (χ1) is 17.6. The molecule has 0 aromatic heterocycles. The van der Waals surface area contributed by atoms with Gasteiger partial charge in [-0.15, -0.1) is 0 Å². The highest BCUT2D eigenvalue weighted by Crippen LogP contribution is 2.69. The van der Waals surface area contributed by atoms with E-state index < -0.39 is 34.2 Å². The molecule has 0 aromatic carbocycles. The van der Waals surface area contributed by atoms with Crippen LogP contribution < -0.4 is 0 Å². The number of epoxide rings is 1. The van der Waals surface area contributed by atoms with E-state index in [-0.39, 0.29) is 35.7 Å². The molecule has 5 rings (SSSR count). The normalized spacial score (nSPS) is 48.7. The topological polar surface area (TPSA) is 99.5 Å². The van der Waals surface area contributed by atoms with Gasteiger partial charge in [0, 0.05) is 17.9 Å². The summed E-state index contributed by atoms with van der Waals surface area (Å²) in [6.45, 7) is 18.3. The van der Waals surface area contributed by atoms with Crippen LogP contribution >= 0.6 is 0 Å². The third-order valence-electron chi connectivity index (χ3n) is 12.2. The smallest absolute Gasteiger partial charge is 0.159 e. The van der Waals surface area contributed by atoms with Crippen molar-refractivity contribution >= 4 is 5.78 Å². The van der Waals surface area contributed by atoms with Crippen molar-refractivity contribution in [3.63, 3.8) is 0 Å². The van der Waals surface area contributed by atoms with Crippen molar-refractivity contribution in [2.75, 3.05) is 6.61 Å². The van der Waals surface area contributed by atoms with E-state index in [4.69, 9.17) is 9.47 Å². The highest BCUT2D eigenvalue weighted by Gasteiger charge is 2.72. The lowest BCUT2D eigenvalue weighted by atomic mass is 9.45. The molecule has 4 fully saturated rings. The van der Waals surface area contributed by atoms with Gasteiger partial charge in [-0.1, -0.05) is 48.5 Å². The first-order valence-corrected chi connectivity index (χ1v) is 15.2. The van der Waals surface area contributed by atoms with E-state index in [1.165, 1.54) is 0 Å². The van der Waals surface area contributed by atoms with Gasteiger partial charge in [-0.3, -0.25) is 4.79 Å². The number of allylic oxidation sites excluding steroid dienone is 1. The fraction of sp³-hybridized carbons (Fsp3) is 0.906. The molecule has 1 aliphatic heterocycles. The highest BCUT2D eigenvalue weighted by molar-refractivity contribution is 5.95. The molecule has 0 aromatic rings. The summed E-state index contributed by atoms with van der Waals surface area (Å²) in [5.41, 5.74) is -1.65. The average Bonchev–Trinajstić information content (AvgIpc) is 3.58. The molecule has 216 valence electrons. The molecule has 1 saturated heterocycles. The van der Waals surface area contributed by atoms with Gasteiger partial charge in [0.15, 0.2) is 5.78 Å². The molecule has 5 aliphatic rings. The van der Waals surface area contributed by atoms with Crippen LogP contribution in [0.3, 0.4) is 0 Å². The largest absolute Gasteiger partial charge is 0.390 e. The van der Waals surface area contributed by atoms with Crippen LogP contribution in [0.4, 0.5) is 0 Å². The van der Waals surface area contributed by atoms with E-state index in [0.29, 0.717) is 43.6 Å². The zero-order chi connectivity index (χ0) is 28.0. The molecular weight excluding hydrogens is 480 g/mol. The predicted molar refractivity (Wildman–Crippen MR) is 146 cm³/mol. The van der Waals surface area contributed by atoms with E-state index in [1.807, 2.05) is 0 Å². The Morgan fingerprint density at radius 3 is 2.39 bits per heavy atom. The maximum Gasteiger partial charge on any atom is 0.159 e. The van der Waals surface area contributed by atoms with Crippen LogP contribution in [0.2, 0.25) is 0 Å². The van der Waals surface area contributed by atoms with E-state index in [0.717, 1.165) is 24.8 Å². The van der Waals surface area contributed by atoms with Crippen LogP contribution in [-0.2, 0) is 14.3 Å². The lowest BCUT2D eigenvalue weighted by Crippen LogP contribution is -2.62. The Morgan fingerprint density at radius 2 is 1.76 bits per heavy atom. The van der Waals surface area contributed by atoms with Gasteiger partial charge in [-0.2, -0.15) is 0 Å². The number of hydrogen-bond acceptors (Lipinski definition) is 6. The molecule has 12 unspecified atom stereocenters. The number of aliphatic hydroxyl groups is 3. The number of fused-ring (bicyclic) bond motifs is 5. The number of rotatable bonds is 7. The molecule has 0 spiro atoms. The van der Waals surface area contributed by atoms with Gasteiger partial charge in [-0.05, 0) is 92.1 Å².